The van der Waals surface area contributed by atoms with Crippen LogP contribution in [0.1, 0.15) is 44.3 Å². The number of rotatable bonds is 6. The first kappa shape index (κ1) is 22.4. The van der Waals surface area contributed by atoms with Crippen molar-refractivity contribution in [3.63, 3.8) is 0 Å². The van der Waals surface area contributed by atoms with Crippen LogP contribution in [0.2, 0.25) is 0 Å². The van der Waals surface area contributed by atoms with Crippen LogP contribution < -0.4 is 14.2 Å². The predicted molar refractivity (Wildman–Crippen MR) is 128 cm³/mol. The number of carbonyl (C=O) groups excluding carboxylic acids is 2. The Hall–Kier alpha value is -3.39. The molecule has 1 saturated heterocycles. The van der Waals surface area contributed by atoms with Gasteiger partial charge in [-0.3, -0.25) is 9.59 Å². The Balaban J connectivity index is 1.14. The van der Waals surface area contributed by atoms with E-state index < -0.39 is 0 Å². The zero-order valence-corrected chi connectivity index (χ0v) is 19.8. The minimum Gasteiger partial charge on any atom is -0.487 e. The summed E-state index contributed by atoms with van der Waals surface area (Å²) in [5, 5.41) is 2.99. The van der Waals surface area contributed by atoms with Gasteiger partial charge >= 0.3 is 0 Å². The monoisotopic (exact) mass is 478 g/mol. The molecular weight excluding hydrogens is 452 g/mol. The third-order valence-electron chi connectivity index (χ3n) is 6.13. The van der Waals surface area contributed by atoms with Crippen molar-refractivity contribution >= 4 is 23.0 Å². The molecule has 0 spiro atoms. The molecule has 1 fully saturated rings. The highest BCUT2D eigenvalue weighted by Crippen LogP contribution is 2.32. The largest absolute Gasteiger partial charge is 0.487 e. The van der Waals surface area contributed by atoms with E-state index >= 15 is 0 Å². The predicted octanol–water partition coefficient (Wildman–Crippen LogP) is 4.54. The van der Waals surface area contributed by atoms with E-state index in [-0.39, 0.29) is 17.6 Å². The van der Waals surface area contributed by atoms with Crippen LogP contribution in [-0.2, 0) is 6.61 Å². The number of ketones is 1. The summed E-state index contributed by atoms with van der Waals surface area (Å²) in [6.07, 6.45) is 1.29. The van der Waals surface area contributed by atoms with Gasteiger partial charge in [0.25, 0.3) is 5.91 Å². The van der Waals surface area contributed by atoms with Crippen LogP contribution in [0.15, 0.2) is 47.8 Å². The number of ether oxygens (including phenoxy) is 3. The summed E-state index contributed by atoms with van der Waals surface area (Å²) in [4.78, 5) is 32.2. The molecule has 2 aliphatic rings. The molecule has 1 aromatic heterocycles. The lowest BCUT2D eigenvalue weighted by atomic mass is 9.88. The van der Waals surface area contributed by atoms with Crippen molar-refractivity contribution in [2.75, 3.05) is 26.3 Å². The molecule has 0 saturated carbocycles. The van der Waals surface area contributed by atoms with Gasteiger partial charge in [0.2, 0.25) is 0 Å². The second kappa shape index (κ2) is 9.85. The Morgan fingerprint density at radius 1 is 1.03 bits per heavy atom. The Morgan fingerprint density at radius 3 is 2.44 bits per heavy atom. The molecular formula is C26H26N2O5S. The van der Waals surface area contributed by atoms with E-state index in [1.54, 1.807) is 41.7 Å². The average molecular weight is 479 g/mol. The summed E-state index contributed by atoms with van der Waals surface area (Å²) in [6, 6.07) is 12.6. The third kappa shape index (κ3) is 4.92. The van der Waals surface area contributed by atoms with E-state index in [1.165, 1.54) is 0 Å². The standard InChI is InChI=1S/C26H26N2O5S/c1-17-27-21(16-34-17)15-33-22-5-2-19(3-6-22)26(30)28-10-8-18(9-11-28)25(29)20-4-7-23-24(14-20)32-13-12-31-23/h2-7,14,16,18H,8-13,15H2,1H3. The fourth-order valence-electron chi connectivity index (χ4n) is 4.29. The van der Waals surface area contributed by atoms with E-state index in [4.69, 9.17) is 14.2 Å². The molecule has 0 unspecified atom stereocenters. The summed E-state index contributed by atoms with van der Waals surface area (Å²) in [5.41, 5.74) is 2.15. The molecule has 0 N–H and O–H groups in total. The SMILES string of the molecule is Cc1nc(COc2ccc(C(=O)N3CCC(C(=O)c4ccc5c(c4)OCCO5)CC3)cc2)cs1. The third-order valence-corrected chi connectivity index (χ3v) is 6.96. The number of thiazole rings is 1. The molecule has 3 aromatic rings. The number of aromatic nitrogens is 1. The van der Waals surface area contributed by atoms with Crippen LogP contribution in [0, 0.1) is 12.8 Å². The highest BCUT2D eigenvalue weighted by atomic mass is 32.1. The second-order valence-corrected chi connectivity index (χ2v) is 9.52. The van der Waals surface area contributed by atoms with Crippen molar-refractivity contribution < 1.29 is 23.8 Å². The van der Waals surface area contributed by atoms with Gasteiger partial charge in [-0.1, -0.05) is 0 Å². The lowest BCUT2D eigenvalue weighted by molar-refractivity contribution is 0.0650. The van der Waals surface area contributed by atoms with Crippen LogP contribution in [0.4, 0.5) is 0 Å². The van der Waals surface area contributed by atoms with Crippen LogP contribution >= 0.6 is 11.3 Å². The molecule has 7 nitrogen and oxygen atoms in total. The molecule has 2 aliphatic heterocycles. The normalized spacial score (nSPS) is 15.7. The number of amides is 1. The van der Waals surface area contributed by atoms with Crippen molar-refractivity contribution in [2.24, 2.45) is 5.92 Å². The summed E-state index contributed by atoms with van der Waals surface area (Å²) in [6.45, 7) is 4.50. The number of aryl methyl sites for hydroxylation is 1. The molecule has 1 amide bonds. The number of likely N-dealkylation sites (tertiary alicyclic amines) is 1. The number of fused-ring (bicyclic) bond motifs is 1. The van der Waals surface area contributed by atoms with Gasteiger partial charge in [-0.25, -0.2) is 4.98 Å². The maximum Gasteiger partial charge on any atom is 0.253 e. The number of piperidine rings is 1. The van der Waals surface area contributed by atoms with Gasteiger partial charge in [-0.2, -0.15) is 0 Å². The molecule has 3 heterocycles. The number of nitrogens with zero attached hydrogens (tertiary/aromatic N) is 2. The smallest absolute Gasteiger partial charge is 0.253 e. The highest BCUT2D eigenvalue weighted by molar-refractivity contribution is 7.09. The van der Waals surface area contributed by atoms with Gasteiger partial charge < -0.3 is 19.1 Å². The Labute approximate surface area is 202 Å². The Kier molecular flexibility index (Phi) is 6.49. The van der Waals surface area contributed by atoms with Gasteiger partial charge in [0.05, 0.1) is 10.7 Å². The van der Waals surface area contributed by atoms with Crippen molar-refractivity contribution in [1.82, 2.24) is 9.88 Å². The van der Waals surface area contributed by atoms with Crippen LogP contribution in [-0.4, -0.2) is 47.9 Å². The summed E-state index contributed by atoms with van der Waals surface area (Å²) in [7, 11) is 0. The summed E-state index contributed by atoms with van der Waals surface area (Å²) >= 11 is 1.59. The molecule has 34 heavy (non-hydrogen) atoms. The number of benzene rings is 2. The van der Waals surface area contributed by atoms with Crippen LogP contribution in [0.3, 0.4) is 0 Å². The van der Waals surface area contributed by atoms with Gasteiger partial charge in [0, 0.05) is 35.5 Å². The molecule has 8 heteroatoms. The quantitative estimate of drug-likeness (QED) is 0.484. The van der Waals surface area contributed by atoms with Gasteiger partial charge in [0.15, 0.2) is 17.3 Å². The molecule has 176 valence electrons. The van der Waals surface area contributed by atoms with Crippen LogP contribution in [0.25, 0.3) is 0 Å². The number of Topliss-reactive ketones (excluding diaryl/α,β-unsaturated/α-hetero) is 1. The fourth-order valence-corrected chi connectivity index (χ4v) is 4.88. The Bertz CT molecular complexity index is 1180. The molecule has 0 aliphatic carbocycles. The van der Waals surface area contributed by atoms with Crippen molar-refractivity contribution in [3.05, 3.63) is 69.7 Å². The Morgan fingerprint density at radius 2 is 1.74 bits per heavy atom. The van der Waals surface area contributed by atoms with E-state index in [2.05, 4.69) is 4.98 Å². The topological polar surface area (TPSA) is 78.0 Å². The average Bonchev–Trinajstić information content (AvgIpc) is 3.31. The summed E-state index contributed by atoms with van der Waals surface area (Å²) in [5.74, 6) is 1.98. The van der Waals surface area contributed by atoms with Gasteiger partial charge in [-0.05, 0) is 62.2 Å². The lowest BCUT2D eigenvalue weighted by Crippen LogP contribution is -2.40. The molecule has 0 bridgehead atoms. The molecule has 0 atom stereocenters. The summed E-state index contributed by atoms with van der Waals surface area (Å²) < 4.78 is 16.9. The molecule has 0 radical (unpaired) electrons. The highest BCUT2D eigenvalue weighted by Gasteiger charge is 2.29. The van der Waals surface area contributed by atoms with E-state index in [9.17, 15) is 9.59 Å². The van der Waals surface area contributed by atoms with E-state index in [0.717, 1.165) is 10.7 Å². The number of hydrogen-bond donors (Lipinski definition) is 0. The zero-order valence-electron chi connectivity index (χ0n) is 19.0. The van der Waals surface area contributed by atoms with Crippen molar-refractivity contribution in [2.45, 2.75) is 26.4 Å². The lowest BCUT2D eigenvalue weighted by Gasteiger charge is -2.31. The first-order chi connectivity index (χ1) is 16.6. The zero-order chi connectivity index (χ0) is 23.5. The maximum atomic E-state index is 13.0. The minimum atomic E-state index is -0.100. The second-order valence-electron chi connectivity index (χ2n) is 8.46. The number of carbonyl (C=O) groups is 2. The maximum absolute atomic E-state index is 13.0. The van der Waals surface area contributed by atoms with Gasteiger partial charge in [-0.15, -0.1) is 11.3 Å². The van der Waals surface area contributed by atoms with Crippen LogP contribution in [0.5, 0.6) is 17.2 Å². The first-order valence-electron chi connectivity index (χ1n) is 11.4. The first-order valence-corrected chi connectivity index (χ1v) is 12.3. The van der Waals surface area contributed by atoms with Crippen molar-refractivity contribution in [1.29, 1.82) is 0 Å². The fraction of sp³-hybridized carbons (Fsp3) is 0.346. The van der Waals surface area contributed by atoms with E-state index in [1.807, 2.05) is 29.3 Å². The van der Waals surface area contributed by atoms with E-state index in [0.29, 0.717) is 74.1 Å². The number of hydrogen-bond acceptors (Lipinski definition) is 7. The molecule has 5 rings (SSSR count). The van der Waals surface area contributed by atoms with Gasteiger partial charge in [0.1, 0.15) is 25.6 Å². The molecule has 2 aromatic carbocycles. The van der Waals surface area contributed by atoms with Crippen molar-refractivity contribution in [3.8, 4) is 17.2 Å². The minimum absolute atomic E-state index is 0.0214.